The Labute approximate surface area is 166 Å². The molecule has 1 heterocycles. The highest BCUT2D eigenvalue weighted by atomic mass is 32.1. The molecule has 0 unspecified atom stereocenters. The molecule has 28 heavy (non-hydrogen) atoms. The molecule has 0 aliphatic heterocycles. The number of amides is 2. The number of aliphatic hydroxyl groups excluding tert-OH is 1. The third kappa shape index (κ3) is 6.07. The zero-order chi connectivity index (χ0) is 20.9. The Morgan fingerprint density at radius 1 is 1.18 bits per heavy atom. The molecule has 2 amide bonds. The van der Waals surface area contributed by atoms with Gasteiger partial charge in [0.2, 0.25) is 0 Å². The predicted octanol–water partition coefficient (Wildman–Crippen LogP) is 2.94. The van der Waals surface area contributed by atoms with Gasteiger partial charge in [0.25, 0.3) is 5.91 Å². The molecule has 4 N–H and O–H groups in total. The first-order chi connectivity index (χ1) is 13.1. The number of hydrogen-bond acceptors (Lipinski definition) is 6. The number of thiophene rings is 1. The van der Waals surface area contributed by atoms with E-state index in [1.54, 1.807) is 56.5 Å². The van der Waals surface area contributed by atoms with Crippen molar-refractivity contribution in [3.63, 3.8) is 0 Å². The highest BCUT2D eigenvalue weighted by Crippen LogP contribution is 2.28. The van der Waals surface area contributed by atoms with Crippen LogP contribution in [0.3, 0.4) is 0 Å². The summed E-state index contributed by atoms with van der Waals surface area (Å²) in [6.07, 6.45) is -0.549. The van der Waals surface area contributed by atoms with E-state index in [1.807, 2.05) is 0 Å². The maximum absolute atomic E-state index is 12.1. The zero-order valence-electron chi connectivity index (χ0n) is 15.7. The molecule has 9 heteroatoms. The Kier molecular flexibility index (Phi) is 6.76. The first-order valence-corrected chi connectivity index (χ1v) is 9.30. The van der Waals surface area contributed by atoms with Crippen LogP contribution in [-0.4, -0.2) is 46.4 Å². The number of carbonyl (C=O) groups is 3. The van der Waals surface area contributed by atoms with Crippen molar-refractivity contribution in [2.45, 2.75) is 32.4 Å². The fraction of sp³-hybridized carbons (Fsp3) is 0.316. The molecule has 0 aliphatic rings. The number of aliphatic carboxylic acids is 1. The number of rotatable bonds is 6. The van der Waals surface area contributed by atoms with E-state index in [2.05, 4.69) is 10.6 Å². The third-order valence-electron chi connectivity index (χ3n) is 3.46. The molecule has 0 aliphatic carbocycles. The molecule has 1 aromatic heterocycles. The maximum Gasteiger partial charge on any atom is 0.412 e. The zero-order valence-corrected chi connectivity index (χ0v) is 16.5. The van der Waals surface area contributed by atoms with Crippen molar-refractivity contribution in [1.29, 1.82) is 0 Å². The van der Waals surface area contributed by atoms with Crippen LogP contribution in [0.2, 0.25) is 0 Å². The second kappa shape index (κ2) is 8.85. The Balaban J connectivity index is 2.04. The number of carboxylic acid groups (broad SMARTS) is 1. The average Bonchev–Trinajstić information content (AvgIpc) is 3.08. The van der Waals surface area contributed by atoms with Gasteiger partial charge in [0.05, 0.1) is 12.2 Å². The molecule has 0 spiro atoms. The molecule has 2 aromatic rings. The lowest BCUT2D eigenvalue weighted by Gasteiger charge is -2.19. The lowest BCUT2D eigenvalue weighted by molar-refractivity contribution is -0.140. The van der Waals surface area contributed by atoms with Gasteiger partial charge in [-0.1, -0.05) is 12.1 Å². The highest BCUT2D eigenvalue weighted by Gasteiger charge is 2.20. The minimum Gasteiger partial charge on any atom is -0.480 e. The molecule has 8 nitrogen and oxygen atoms in total. The van der Waals surface area contributed by atoms with E-state index < -0.39 is 36.2 Å². The molecule has 2 rings (SSSR count). The summed E-state index contributed by atoms with van der Waals surface area (Å²) in [6, 6.07) is 7.28. The molecular formula is C19H22N2O6S. The molecule has 0 radical (unpaired) electrons. The van der Waals surface area contributed by atoms with Gasteiger partial charge in [-0.05, 0) is 44.5 Å². The van der Waals surface area contributed by atoms with Gasteiger partial charge < -0.3 is 20.3 Å². The summed E-state index contributed by atoms with van der Waals surface area (Å²) >= 11 is 1.32. The molecule has 0 saturated carbocycles. The molecule has 1 atom stereocenters. The minimum atomic E-state index is -1.35. The van der Waals surface area contributed by atoms with E-state index in [0.717, 1.165) is 10.4 Å². The van der Waals surface area contributed by atoms with Crippen molar-refractivity contribution in [2.75, 3.05) is 11.9 Å². The summed E-state index contributed by atoms with van der Waals surface area (Å²) in [6.45, 7) is 4.64. The third-order valence-corrected chi connectivity index (χ3v) is 4.44. The van der Waals surface area contributed by atoms with E-state index >= 15 is 0 Å². The minimum absolute atomic E-state index is 0.302. The SMILES string of the molecule is CC(C)(C)OC(=O)Nc1ccc(-c2cc(C(=O)N[C@@H](CO)C(=O)O)cs2)cc1. The summed E-state index contributed by atoms with van der Waals surface area (Å²) in [7, 11) is 0. The van der Waals surface area contributed by atoms with Crippen LogP contribution in [0.1, 0.15) is 31.1 Å². The van der Waals surface area contributed by atoms with Crippen molar-refractivity contribution in [2.24, 2.45) is 0 Å². The number of ether oxygens (including phenoxy) is 1. The summed E-state index contributed by atoms with van der Waals surface area (Å²) in [5.41, 5.74) is 1.11. The molecule has 0 bridgehead atoms. The maximum atomic E-state index is 12.1. The van der Waals surface area contributed by atoms with Gasteiger partial charge in [0, 0.05) is 15.9 Å². The van der Waals surface area contributed by atoms with E-state index in [0.29, 0.717) is 11.3 Å². The Morgan fingerprint density at radius 3 is 2.36 bits per heavy atom. The van der Waals surface area contributed by atoms with Gasteiger partial charge in [-0.3, -0.25) is 10.1 Å². The van der Waals surface area contributed by atoms with Gasteiger partial charge in [-0.25, -0.2) is 9.59 Å². The number of benzene rings is 1. The van der Waals surface area contributed by atoms with Gasteiger partial charge in [-0.2, -0.15) is 0 Å². The van der Waals surface area contributed by atoms with Crippen LogP contribution in [0.15, 0.2) is 35.7 Å². The van der Waals surface area contributed by atoms with Crippen molar-refractivity contribution >= 4 is 35.0 Å². The fourth-order valence-corrected chi connectivity index (χ4v) is 3.07. The Hall–Kier alpha value is -2.91. The molecule has 0 fully saturated rings. The smallest absolute Gasteiger partial charge is 0.412 e. The van der Waals surface area contributed by atoms with E-state index in [-0.39, 0.29) is 0 Å². The van der Waals surface area contributed by atoms with Gasteiger partial charge in [0.1, 0.15) is 5.60 Å². The van der Waals surface area contributed by atoms with Crippen molar-refractivity contribution < 1.29 is 29.3 Å². The van der Waals surface area contributed by atoms with Crippen LogP contribution < -0.4 is 10.6 Å². The van der Waals surface area contributed by atoms with Gasteiger partial charge in [-0.15, -0.1) is 11.3 Å². The standard InChI is InChI=1S/C19H22N2O6S/c1-19(2,3)27-18(26)20-13-6-4-11(5-7-13)15-8-12(10-28-15)16(23)21-14(9-22)17(24)25/h4-8,10,14,22H,9H2,1-3H3,(H,20,26)(H,21,23)(H,24,25)/t14-/m0/s1. The largest absolute Gasteiger partial charge is 0.480 e. The molecule has 150 valence electrons. The average molecular weight is 406 g/mol. The number of carbonyl (C=O) groups excluding carboxylic acids is 2. The van der Waals surface area contributed by atoms with Crippen LogP contribution in [0.4, 0.5) is 10.5 Å². The van der Waals surface area contributed by atoms with Crippen molar-refractivity contribution in [3.8, 4) is 10.4 Å². The van der Waals surface area contributed by atoms with Crippen LogP contribution in [-0.2, 0) is 9.53 Å². The quantitative estimate of drug-likeness (QED) is 0.585. The van der Waals surface area contributed by atoms with Crippen LogP contribution >= 0.6 is 11.3 Å². The number of anilines is 1. The lowest BCUT2D eigenvalue weighted by atomic mass is 10.1. The fourth-order valence-electron chi connectivity index (χ4n) is 2.17. The van der Waals surface area contributed by atoms with E-state index in [1.165, 1.54) is 11.3 Å². The van der Waals surface area contributed by atoms with Gasteiger partial charge in [0.15, 0.2) is 6.04 Å². The first kappa shape index (κ1) is 21.4. The van der Waals surface area contributed by atoms with E-state index in [9.17, 15) is 14.4 Å². The molecule has 1 aromatic carbocycles. The van der Waals surface area contributed by atoms with Gasteiger partial charge >= 0.3 is 12.1 Å². The number of nitrogens with one attached hydrogen (secondary N) is 2. The highest BCUT2D eigenvalue weighted by molar-refractivity contribution is 7.13. The molecule has 0 saturated heterocycles. The lowest BCUT2D eigenvalue weighted by Crippen LogP contribution is -2.43. The predicted molar refractivity (Wildman–Crippen MR) is 106 cm³/mol. The van der Waals surface area contributed by atoms with Crippen molar-refractivity contribution in [1.82, 2.24) is 5.32 Å². The Morgan fingerprint density at radius 2 is 1.82 bits per heavy atom. The van der Waals surface area contributed by atoms with Crippen LogP contribution in [0.5, 0.6) is 0 Å². The second-order valence-corrected chi connectivity index (χ2v) is 7.86. The van der Waals surface area contributed by atoms with Crippen LogP contribution in [0.25, 0.3) is 10.4 Å². The van der Waals surface area contributed by atoms with Crippen LogP contribution in [0, 0.1) is 0 Å². The van der Waals surface area contributed by atoms with E-state index in [4.69, 9.17) is 14.9 Å². The number of aliphatic hydroxyl groups is 1. The summed E-state index contributed by atoms with van der Waals surface area (Å²) in [5.74, 6) is -1.88. The van der Waals surface area contributed by atoms with Crippen molar-refractivity contribution in [3.05, 3.63) is 41.3 Å². The number of hydrogen-bond donors (Lipinski definition) is 4. The topological polar surface area (TPSA) is 125 Å². The Bertz CT molecular complexity index is 854. The summed E-state index contributed by atoms with van der Waals surface area (Å²) in [5, 5.41) is 24.4. The number of carboxylic acids is 1. The molecular weight excluding hydrogens is 384 g/mol. The summed E-state index contributed by atoms with van der Waals surface area (Å²) in [4.78, 5) is 35.6. The normalized spacial score (nSPS) is 12.1. The summed E-state index contributed by atoms with van der Waals surface area (Å²) < 4.78 is 5.19. The monoisotopic (exact) mass is 406 g/mol. The second-order valence-electron chi connectivity index (χ2n) is 6.95. The first-order valence-electron chi connectivity index (χ1n) is 8.42.